The molecule has 82 valence electrons. The molecule has 0 spiro atoms. The fraction of sp³-hybridized carbons (Fsp3) is 0.200. The fourth-order valence-corrected chi connectivity index (χ4v) is 1.27. The molecular formula is C10H9N3O3. The molecule has 0 radical (unpaired) electrons. The Labute approximate surface area is 90.5 Å². The van der Waals surface area contributed by atoms with Gasteiger partial charge in [0.25, 0.3) is 5.56 Å². The van der Waals surface area contributed by atoms with Crippen LogP contribution in [-0.2, 0) is 4.74 Å². The van der Waals surface area contributed by atoms with Crippen molar-refractivity contribution in [2.45, 2.75) is 6.92 Å². The first-order chi connectivity index (χ1) is 7.74. The summed E-state index contributed by atoms with van der Waals surface area (Å²) in [5.74, 6) is -0.681. The van der Waals surface area contributed by atoms with Crippen LogP contribution in [0.15, 0.2) is 29.3 Å². The zero-order valence-electron chi connectivity index (χ0n) is 8.58. The number of hydrogen-bond acceptors (Lipinski definition) is 5. The molecule has 6 nitrogen and oxygen atoms in total. The minimum Gasteiger partial charge on any atom is -0.462 e. The molecule has 0 saturated carbocycles. The Morgan fingerprint density at radius 1 is 1.56 bits per heavy atom. The number of nitrogens with zero attached hydrogens (tertiary/aromatic N) is 3. The van der Waals surface area contributed by atoms with Gasteiger partial charge < -0.3 is 4.74 Å². The molecule has 0 saturated heterocycles. The van der Waals surface area contributed by atoms with Gasteiger partial charge in [-0.15, -0.1) is 0 Å². The monoisotopic (exact) mass is 219 g/mol. The van der Waals surface area contributed by atoms with E-state index in [0.29, 0.717) is 5.65 Å². The van der Waals surface area contributed by atoms with Gasteiger partial charge in [-0.2, -0.15) is 9.61 Å². The number of carbonyl (C=O) groups excluding carboxylic acids is 1. The van der Waals surface area contributed by atoms with E-state index < -0.39 is 11.5 Å². The van der Waals surface area contributed by atoms with E-state index in [1.807, 2.05) is 0 Å². The minimum atomic E-state index is -0.681. The van der Waals surface area contributed by atoms with E-state index in [9.17, 15) is 9.59 Å². The van der Waals surface area contributed by atoms with E-state index in [-0.39, 0.29) is 12.2 Å². The highest BCUT2D eigenvalue weighted by Crippen LogP contribution is 1.97. The van der Waals surface area contributed by atoms with Crippen molar-refractivity contribution >= 4 is 11.6 Å². The first kappa shape index (κ1) is 10.3. The molecular weight excluding hydrogens is 210 g/mol. The predicted octanol–water partition coefficient (Wildman–Crippen LogP) is 0.266. The molecule has 0 aliphatic rings. The molecule has 6 heteroatoms. The molecule has 2 rings (SSSR count). The summed E-state index contributed by atoms with van der Waals surface area (Å²) in [5.41, 5.74) is -0.248. The lowest BCUT2D eigenvalue weighted by molar-refractivity contribution is 0.0523. The van der Waals surface area contributed by atoms with Crippen LogP contribution in [0.5, 0.6) is 0 Å². The lowest BCUT2D eigenvalue weighted by atomic mass is 10.3. The number of fused-ring (bicyclic) bond motifs is 1. The Morgan fingerprint density at radius 3 is 3.12 bits per heavy atom. The number of hydrogen-bond donors (Lipinski definition) is 0. The molecule has 0 aromatic carbocycles. The highest BCUT2D eigenvalue weighted by atomic mass is 16.5. The van der Waals surface area contributed by atoms with Gasteiger partial charge in [0.2, 0.25) is 0 Å². The molecule has 0 fully saturated rings. The molecule has 0 unspecified atom stereocenters. The molecule has 2 aromatic rings. The molecule has 0 bridgehead atoms. The quantitative estimate of drug-likeness (QED) is 0.677. The van der Waals surface area contributed by atoms with Crippen molar-refractivity contribution in [1.82, 2.24) is 14.6 Å². The SMILES string of the molecule is CCOC(=O)c1cnc2cccnn2c1=O. The van der Waals surface area contributed by atoms with E-state index >= 15 is 0 Å². The van der Waals surface area contributed by atoms with E-state index in [2.05, 4.69) is 10.1 Å². The smallest absolute Gasteiger partial charge is 0.345 e. The van der Waals surface area contributed by atoms with E-state index in [4.69, 9.17) is 4.74 Å². The molecule has 0 amide bonds. The van der Waals surface area contributed by atoms with Crippen LogP contribution in [0.2, 0.25) is 0 Å². The van der Waals surface area contributed by atoms with Gasteiger partial charge in [-0.3, -0.25) is 4.79 Å². The summed E-state index contributed by atoms with van der Waals surface area (Å²) >= 11 is 0. The van der Waals surface area contributed by atoms with Crippen LogP contribution in [0.4, 0.5) is 0 Å². The van der Waals surface area contributed by atoms with Crippen LogP contribution in [0.1, 0.15) is 17.3 Å². The molecule has 2 aromatic heterocycles. The summed E-state index contributed by atoms with van der Waals surface area (Å²) in [6.45, 7) is 1.88. The zero-order chi connectivity index (χ0) is 11.5. The van der Waals surface area contributed by atoms with Crippen LogP contribution in [-0.4, -0.2) is 27.2 Å². The van der Waals surface area contributed by atoms with Gasteiger partial charge in [0.05, 0.1) is 6.61 Å². The van der Waals surface area contributed by atoms with Gasteiger partial charge in [0.15, 0.2) is 5.65 Å². The first-order valence-electron chi connectivity index (χ1n) is 4.74. The number of carbonyl (C=O) groups is 1. The van der Waals surface area contributed by atoms with Gasteiger partial charge in [-0.1, -0.05) is 0 Å². The van der Waals surface area contributed by atoms with Crippen LogP contribution in [0, 0.1) is 0 Å². The van der Waals surface area contributed by atoms with E-state index in [0.717, 1.165) is 4.52 Å². The number of aromatic nitrogens is 3. The summed E-state index contributed by atoms with van der Waals surface area (Å²) in [5, 5.41) is 3.82. The van der Waals surface area contributed by atoms with Gasteiger partial charge >= 0.3 is 5.97 Å². The Morgan fingerprint density at radius 2 is 2.38 bits per heavy atom. The van der Waals surface area contributed by atoms with Crippen molar-refractivity contribution in [3.8, 4) is 0 Å². The average Bonchev–Trinajstić information content (AvgIpc) is 2.30. The average molecular weight is 219 g/mol. The minimum absolute atomic E-state index is 0.113. The second-order valence-corrected chi connectivity index (χ2v) is 2.99. The van der Waals surface area contributed by atoms with Gasteiger partial charge in [-0.25, -0.2) is 9.78 Å². The summed E-state index contributed by atoms with van der Waals surface area (Å²) in [4.78, 5) is 27.2. The summed E-state index contributed by atoms with van der Waals surface area (Å²) in [7, 11) is 0. The number of esters is 1. The molecule has 0 aliphatic carbocycles. The summed E-state index contributed by atoms with van der Waals surface area (Å²) in [6, 6.07) is 3.29. The van der Waals surface area contributed by atoms with Crippen molar-refractivity contribution in [1.29, 1.82) is 0 Å². The normalized spacial score (nSPS) is 10.3. The van der Waals surface area contributed by atoms with Crippen LogP contribution >= 0.6 is 0 Å². The highest BCUT2D eigenvalue weighted by Gasteiger charge is 2.14. The third-order valence-electron chi connectivity index (χ3n) is 1.97. The van der Waals surface area contributed by atoms with Crippen LogP contribution < -0.4 is 5.56 Å². The second kappa shape index (κ2) is 4.09. The number of rotatable bonds is 2. The highest BCUT2D eigenvalue weighted by molar-refractivity contribution is 5.88. The third-order valence-corrected chi connectivity index (χ3v) is 1.97. The van der Waals surface area contributed by atoms with Crippen molar-refractivity contribution in [2.24, 2.45) is 0 Å². The van der Waals surface area contributed by atoms with Gasteiger partial charge in [-0.05, 0) is 19.1 Å². The molecule has 2 heterocycles. The maximum atomic E-state index is 11.8. The summed E-state index contributed by atoms with van der Waals surface area (Å²) < 4.78 is 5.80. The third kappa shape index (κ3) is 1.65. The van der Waals surface area contributed by atoms with Crippen LogP contribution in [0.3, 0.4) is 0 Å². The maximum absolute atomic E-state index is 11.8. The van der Waals surface area contributed by atoms with Gasteiger partial charge in [0.1, 0.15) is 5.56 Å². The maximum Gasteiger partial charge on any atom is 0.345 e. The van der Waals surface area contributed by atoms with Crippen molar-refractivity contribution in [3.63, 3.8) is 0 Å². The molecule has 0 aliphatic heterocycles. The molecule has 16 heavy (non-hydrogen) atoms. The molecule has 0 atom stereocenters. The van der Waals surface area contributed by atoms with Crippen molar-refractivity contribution < 1.29 is 9.53 Å². The zero-order valence-corrected chi connectivity index (χ0v) is 8.58. The van der Waals surface area contributed by atoms with Crippen molar-refractivity contribution in [2.75, 3.05) is 6.61 Å². The predicted molar refractivity (Wildman–Crippen MR) is 55.2 cm³/mol. The standard InChI is InChI=1S/C10H9N3O3/c1-2-16-10(15)7-6-11-8-4-3-5-12-13(8)9(7)14/h3-6H,2H2,1H3. The largest absolute Gasteiger partial charge is 0.462 e. The Balaban J connectivity index is 2.61. The van der Waals surface area contributed by atoms with E-state index in [1.54, 1.807) is 19.1 Å². The Bertz CT molecular complexity index is 591. The summed E-state index contributed by atoms with van der Waals surface area (Å²) in [6.07, 6.45) is 2.66. The lowest BCUT2D eigenvalue weighted by Crippen LogP contribution is -2.25. The Hall–Kier alpha value is -2.24. The topological polar surface area (TPSA) is 73.6 Å². The fourth-order valence-electron chi connectivity index (χ4n) is 1.27. The second-order valence-electron chi connectivity index (χ2n) is 2.99. The van der Waals surface area contributed by atoms with E-state index in [1.165, 1.54) is 12.4 Å². The lowest BCUT2D eigenvalue weighted by Gasteiger charge is -2.02. The van der Waals surface area contributed by atoms with Gasteiger partial charge in [0, 0.05) is 12.4 Å². The Kier molecular flexibility index (Phi) is 2.63. The first-order valence-corrected chi connectivity index (χ1v) is 4.74. The van der Waals surface area contributed by atoms with Crippen LogP contribution in [0.25, 0.3) is 5.65 Å². The number of ether oxygens (including phenoxy) is 1. The van der Waals surface area contributed by atoms with Crippen molar-refractivity contribution in [3.05, 3.63) is 40.4 Å². The molecule has 0 N–H and O–H groups in total.